The molecular weight excluding hydrogens is 236 g/mol. The third-order valence-corrected chi connectivity index (χ3v) is 5.73. The lowest BCUT2D eigenvalue weighted by Gasteiger charge is -2.43. The van der Waals surface area contributed by atoms with Crippen molar-refractivity contribution in [2.75, 3.05) is 13.1 Å². The average molecular weight is 266 g/mol. The van der Waals surface area contributed by atoms with E-state index in [4.69, 9.17) is 5.73 Å². The largest absolute Gasteiger partial charge is 0.342 e. The van der Waals surface area contributed by atoms with Crippen LogP contribution in [0.4, 0.5) is 0 Å². The van der Waals surface area contributed by atoms with E-state index < -0.39 is 0 Å². The number of nitrogens with two attached hydrogens (primary N) is 1. The van der Waals surface area contributed by atoms with Gasteiger partial charge in [0.2, 0.25) is 5.91 Å². The van der Waals surface area contributed by atoms with Crippen molar-refractivity contribution >= 4 is 5.91 Å². The van der Waals surface area contributed by atoms with E-state index in [1.54, 1.807) is 0 Å². The summed E-state index contributed by atoms with van der Waals surface area (Å²) in [6.45, 7) is 8.89. The second kappa shape index (κ2) is 5.82. The maximum atomic E-state index is 12.5. The van der Waals surface area contributed by atoms with Crippen LogP contribution in [-0.4, -0.2) is 29.9 Å². The Balaban J connectivity index is 1.86. The molecule has 0 aromatic heterocycles. The van der Waals surface area contributed by atoms with Gasteiger partial charge in [-0.2, -0.15) is 0 Å². The fraction of sp³-hybridized carbons (Fsp3) is 0.938. The molecule has 2 rings (SSSR count). The molecule has 2 aliphatic rings. The predicted molar refractivity (Wildman–Crippen MR) is 78.7 cm³/mol. The van der Waals surface area contributed by atoms with Crippen molar-refractivity contribution < 1.29 is 4.79 Å². The van der Waals surface area contributed by atoms with Gasteiger partial charge in [0.1, 0.15) is 0 Å². The van der Waals surface area contributed by atoms with Gasteiger partial charge in [-0.3, -0.25) is 4.79 Å². The van der Waals surface area contributed by atoms with Gasteiger partial charge >= 0.3 is 0 Å². The first-order valence-electron chi connectivity index (χ1n) is 7.97. The quantitative estimate of drug-likeness (QED) is 0.835. The molecule has 0 unspecified atom stereocenters. The van der Waals surface area contributed by atoms with Gasteiger partial charge < -0.3 is 10.6 Å². The van der Waals surface area contributed by atoms with Crippen molar-refractivity contribution in [3.8, 4) is 0 Å². The molecule has 0 spiro atoms. The smallest absolute Gasteiger partial charge is 0.225 e. The number of amides is 1. The molecule has 1 aliphatic heterocycles. The van der Waals surface area contributed by atoms with Gasteiger partial charge in [-0.15, -0.1) is 0 Å². The molecule has 19 heavy (non-hydrogen) atoms. The molecule has 1 saturated carbocycles. The number of nitrogens with zero attached hydrogens (tertiary/aromatic N) is 1. The topological polar surface area (TPSA) is 46.3 Å². The van der Waals surface area contributed by atoms with E-state index in [1.165, 1.54) is 0 Å². The minimum Gasteiger partial charge on any atom is -0.342 e. The number of carbonyl (C=O) groups is 1. The first kappa shape index (κ1) is 14.8. The normalized spacial score (nSPS) is 31.5. The Hall–Kier alpha value is -0.570. The van der Waals surface area contributed by atoms with E-state index in [9.17, 15) is 4.79 Å². The molecule has 0 aromatic rings. The van der Waals surface area contributed by atoms with E-state index in [2.05, 4.69) is 25.7 Å². The molecule has 110 valence electrons. The minimum atomic E-state index is 0.253. The highest BCUT2D eigenvalue weighted by molar-refractivity contribution is 5.79. The Bertz CT molecular complexity index is 311. The van der Waals surface area contributed by atoms with E-state index in [0.29, 0.717) is 23.3 Å². The molecule has 1 amide bonds. The van der Waals surface area contributed by atoms with Gasteiger partial charge in [0.25, 0.3) is 0 Å². The van der Waals surface area contributed by atoms with Crippen molar-refractivity contribution in [3.63, 3.8) is 0 Å². The number of piperidine rings is 1. The Morgan fingerprint density at radius 1 is 1.16 bits per heavy atom. The lowest BCUT2D eigenvalue weighted by atomic mass is 9.71. The van der Waals surface area contributed by atoms with Crippen molar-refractivity contribution in [2.24, 2.45) is 23.0 Å². The summed E-state index contributed by atoms with van der Waals surface area (Å²) in [5, 5.41) is 0. The summed E-state index contributed by atoms with van der Waals surface area (Å²) in [5.74, 6) is 1.36. The van der Waals surface area contributed by atoms with Gasteiger partial charge in [0.05, 0.1) is 0 Å². The lowest BCUT2D eigenvalue weighted by molar-refractivity contribution is -0.139. The SMILES string of the molecule is CC(C)C1(C)CCN(C(=O)[C@H]2CC[C@H](N)CC2)CC1. The first-order chi connectivity index (χ1) is 8.92. The fourth-order valence-corrected chi connectivity index (χ4v) is 3.44. The summed E-state index contributed by atoms with van der Waals surface area (Å²) in [7, 11) is 0. The summed E-state index contributed by atoms with van der Waals surface area (Å²) >= 11 is 0. The second-order valence-corrected chi connectivity index (χ2v) is 7.25. The summed E-state index contributed by atoms with van der Waals surface area (Å²) in [6, 6.07) is 0.328. The number of rotatable bonds is 2. The molecule has 3 nitrogen and oxygen atoms in total. The van der Waals surface area contributed by atoms with Crippen LogP contribution in [0.2, 0.25) is 0 Å². The van der Waals surface area contributed by atoms with Gasteiger partial charge in [-0.05, 0) is 49.9 Å². The molecule has 0 atom stereocenters. The van der Waals surface area contributed by atoms with Crippen molar-refractivity contribution in [2.45, 2.75) is 65.3 Å². The minimum absolute atomic E-state index is 0.253. The Morgan fingerprint density at radius 3 is 2.16 bits per heavy atom. The van der Waals surface area contributed by atoms with Gasteiger partial charge in [-0.1, -0.05) is 20.8 Å². The van der Waals surface area contributed by atoms with E-state index in [1.807, 2.05) is 0 Å². The van der Waals surface area contributed by atoms with Crippen LogP contribution in [0.5, 0.6) is 0 Å². The zero-order valence-electron chi connectivity index (χ0n) is 12.8. The summed E-state index contributed by atoms with van der Waals surface area (Å²) in [5.41, 5.74) is 6.34. The summed E-state index contributed by atoms with van der Waals surface area (Å²) in [6.07, 6.45) is 6.35. The van der Waals surface area contributed by atoms with E-state index >= 15 is 0 Å². The van der Waals surface area contributed by atoms with Gasteiger partial charge in [0.15, 0.2) is 0 Å². The third-order valence-electron chi connectivity index (χ3n) is 5.73. The van der Waals surface area contributed by atoms with Crippen molar-refractivity contribution in [1.82, 2.24) is 4.90 Å². The van der Waals surface area contributed by atoms with E-state index in [-0.39, 0.29) is 5.92 Å². The van der Waals surface area contributed by atoms with Crippen LogP contribution in [-0.2, 0) is 4.79 Å². The van der Waals surface area contributed by atoms with Crippen LogP contribution in [0.25, 0.3) is 0 Å². The summed E-state index contributed by atoms with van der Waals surface area (Å²) < 4.78 is 0. The van der Waals surface area contributed by atoms with Crippen molar-refractivity contribution in [3.05, 3.63) is 0 Å². The Morgan fingerprint density at radius 2 is 1.68 bits per heavy atom. The predicted octanol–water partition coefficient (Wildman–Crippen LogP) is 2.79. The average Bonchev–Trinajstić information content (AvgIpc) is 2.39. The molecule has 0 aromatic carbocycles. The van der Waals surface area contributed by atoms with Crippen LogP contribution in [0.15, 0.2) is 0 Å². The first-order valence-corrected chi connectivity index (χ1v) is 7.97. The lowest BCUT2D eigenvalue weighted by Crippen LogP contribution is -2.47. The van der Waals surface area contributed by atoms with Gasteiger partial charge in [0, 0.05) is 25.0 Å². The third kappa shape index (κ3) is 3.31. The molecule has 1 saturated heterocycles. The number of hydrogen-bond donors (Lipinski definition) is 1. The number of hydrogen-bond acceptors (Lipinski definition) is 2. The van der Waals surface area contributed by atoms with E-state index in [0.717, 1.165) is 51.6 Å². The molecule has 1 aliphatic carbocycles. The zero-order valence-corrected chi connectivity index (χ0v) is 12.8. The van der Waals surface area contributed by atoms with Crippen LogP contribution in [0.3, 0.4) is 0 Å². The molecule has 1 heterocycles. The molecule has 0 radical (unpaired) electrons. The Kier molecular flexibility index (Phi) is 4.54. The highest BCUT2D eigenvalue weighted by atomic mass is 16.2. The molecule has 3 heteroatoms. The zero-order chi connectivity index (χ0) is 14.0. The molecule has 0 bridgehead atoms. The second-order valence-electron chi connectivity index (χ2n) is 7.25. The molecule has 2 fully saturated rings. The Labute approximate surface area is 117 Å². The maximum absolute atomic E-state index is 12.5. The molecule has 2 N–H and O–H groups in total. The fourth-order valence-electron chi connectivity index (χ4n) is 3.44. The highest BCUT2D eigenvalue weighted by Gasteiger charge is 2.36. The maximum Gasteiger partial charge on any atom is 0.225 e. The van der Waals surface area contributed by atoms with Gasteiger partial charge in [-0.25, -0.2) is 0 Å². The molecular formula is C16H30N2O. The monoisotopic (exact) mass is 266 g/mol. The van der Waals surface area contributed by atoms with Crippen LogP contribution >= 0.6 is 0 Å². The number of carbonyl (C=O) groups excluding carboxylic acids is 1. The van der Waals surface area contributed by atoms with Crippen LogP contribution in [0, 0.1) is 17.3 Å². The standard InChI is InChI=1S/C16H30N2O/c1-12(2)16(3)8-10-18(11-9-16)15(19)13-4-6-14(17)7-5-13/h12-14H,4-11,17H2,1-3H3/t13-,14-. The van der Waals surface area contributed by atoms with Crippen molar-refractivity contribution in [1.29, 1.82) is 0 Å². The van der Waals surface area contributed by atoms with Crippen LogP contribution in [0.1, 0.15) is 59.3 Å². The summed E-state index contributed by atoms with van der Waals surface area (Å²) in [4.78, 5) is 14.6. The van der Waals surface area contributed by atoms with Crippen LogP contribution < -0.4 is 5.73 Å². The number of likely N-dealkylation sites (tertiary alicyclic amines) is 1. The highest BCUT2D eigenvalue weighted by Crippen LogP contribution is 2.38.